The molecule has 0 atom stereocenters. The molecule has 2 heterocycles. The predicted molar refractivity (Wildman–Crippen MR) is 213 cm³/mol. The number of hydrogen-bond acceptors (Lipinski definition) is 0. The summed E-state index contributed by atoms with van der Waals surface area (Å²) in [6.45, 7) is 0. The van der Waals surface area contributed by atoms with E-state index in [0.29, 0.717) is 0 Å². The van der Waals surface area contributed by atoms with Crippen LogP contribution >= 0.6 is 0 Å². The minimum atomic E-state index is 1.07. The molecule has 8 aromatic carbocycles. The van der Waals surface area contributed by atoms with Gasteiger partial charge in [0.15, 0.2) is 0 Å². The van der Waals surface area contributed by atoms with Crippen molar-refractivity contribution in [1.82, 2.24) is 9.13 Å². The van der Waals surface area contributed by atoms with E-state index in [1.54, 1.807) is 0 Å². The molecule has 2 nitrogen and oxygen atoms in total. The number of fused-ring (bicyclic) bond motifs is 12. The normalized spacial score (nSPS) is 13.0. The lowest BCUT2D eigenvalue weighted by Gasteiger charge is -2.19. The smallest absolute Gasteiger partial charge is 0.0541 e. The average molecular weight is 637 g/mol. The quantitative estimate of drug-likeness (QED) is 0.171. The molecule has 2 heteroatoms. The first-order chi connectivity index (χ1) is 24.8. The van der Waals surface area contributed by atoms with E-state index >= 15 is 0 Å². The van der Waals surface area contributed by atoms with Crippen molar-refractivity contribution in [2.24, 2.45) is 0 Å². The highest BCUT2D eigenvalue weighted by Gasteiger charge is 2.19. The van der Waals surface area contributed by atoms with Crippen LogP contribution in [-0.4, -0.2) is 9.13 Å². The van der Waals surface area contributed by atoms with E-state index in [0.717, 1.165) is 12.8 Å². The lowest BCUT2D eigenvalue weighted by molar-refractivity contribution is 1.000. The Kier molecular flexibility index (Phi) is 5.82. The number of aryl methyl sites for hydroxylation is 1. The van der Waals surface area contributed by atoms with E-state index in [2.05, 4.69) is 179 Å². The van der Waals surface area contributed by atoms with Crippen molar-refractivity contribution in [3.8, 4) is 22.5 Å². The SMILES string of the molecule is C1=Cc2c(c3cc(-n4c5ccccc5c5cc(-c6ccc7c(c6)c6ccccc6n7-c6ccccc6)ccc54)ccc3c3ccccc23)CC1. The Morgan fingerprint density at radius 2 is 0.900 bits per heavy atom. The molecule has 11 rings (SSSR count). The molecular formula is C48H32N2. The van der Waals surface area contributed by atoms with Crippen LogP contribution in [0, 0.1) is 0 Å². The highest BCUT2D eigenvalue weighted by atomic mass is 15.0. The van der Waals surface area contributed by atoms with Crippen LogP contribution in [0.3, 0.4) is 0 Å². The molecular weight excluding hydrogens is 605 g/mol. The molecule has 0 aliphatic heterocycles. The van der Waals surface area contributed by atoms with Gasteiger partial charge in [-0.1, -0.05) is 109 Å². The molecule has 1 aliphatic rings. The number of aromatic nitrogens is 2. The van der Waals surface area contributed by atoms with E-state index in [1.165, 1.54) is 98.8 Å². The van der Waals surface area contributed by atoms with Crippen LogP contribution in [0.2, 0.25) is 0 Å². The molecule has 50 heavy (non-hydrogen) atoms. The number of rotatable bonds is 3. The van der Waals surface area contributed by atoms with Crippen LogP contribution in [0.5, 0.6) is 0 Å². The zero-order valence-electron chi connectivity index (χ0n) is 27.5. The van der Waals surface area contributed by atoms with Crippen LogP contribution in [0.25, 0.3) is 93.7 Å². The molecule has 0 radical (unpaired) electrons. The average Bonchev–Trinajstić information content (AvgIpc) is 3.70. The van der Waals surface area contributed by atoms with E-state index in [1.807, 2.05) is 0 Å². The van der Waals surface area contributed by atoms with Gasteiger partial charge in [0.2, 0.25) is 0 Å². The largest absolute Gasteiger partial charge is 0.309 e. The van der Waals surface area contributed by atoms with Gasteiger partial charge in [0, 0.05) is 32.9 Å². The third-order valence-corrected chi connectivity index (χ3v) is 11.0. The maximum Gasteiger partial charge on any atom is 0.0541 e. The van der Waals surface area contributed by atoms with E-state index in [4.69, 9.17) is 0 Å². The van der Waals surface area contributed by atoms with Crippen molar-refractivity contribution in [1.29, 1.82) is 0 Å². The summed E-state index contributed by atoms with van der Waals surface area (Å²) in [6, 6.07) is 58.3. The summed E-state index contributed by atoms with van der Waals surface area (Å²) in [5, 5.41) is 10.5. The Bertz CT molecular complexity index is 3030. The fraction of sp³-hybridized carbons (Fsp3) is 0.0417. The van der Waals surface area contributed by atoms with Crippen LogP contribution in [0.4, 0.5) is 0 Å². The number of para-hydroxylation sites is 3. The van der Waals surface area contributed by atoms with Gasteiger partial charge in [-0.15, -0.1) is 0 Å². The number of nitrogens with zero attached hydrogens (tertiary/aromatic N) is 2. The minimum Gasteiger partial charge on any atom is -0.309 e. The molecule has 1 aliphatic carbocycles. The van der Waals surface area contributed by atoms with E-state index in [9.17, 15) is 0 Å². The van der Waals surface area contributed by atoms with Crippen LogP contribution in [0.15, 0.2) is 164 Å². The maximum atomic E-state index is 2.46. The van der Waals surface area contributed by atoms with Gasteiger partial charge in [0.05, 0.1) is 22.1 Å². The molecule has 2 aromatic heterocycles. The third kappa shape index (κ3) is 3.90. The molecule has 0 unspecified atom stereocenters. The van der Waals surface area contributed by atoms with Crippen molar-refractivity contribution in [2.75, 3.05) is 0 Å². The summed E-state index contributed by atoms with van der Waals surface area (Å²) in [5.74, 6) is 0. The van der Waals surface area contributed by atoms with Gasteiger partial charge < -0.3 is 9.13 Å². The van der Waals surface area contributed by atoms with Gasteiger partial charge in [-0.05, 0) is 117 Å². The predicted octanol–water partition coefficient (Wildman–Crippen LogP) is 12.8. The Morgan fingerprint density at radius 1 is 0.360 bits per heavy atom. The molecule has 0 saturated heterocycles. The highest BCUT2D eigenvalue weighted by Crippen LogP contribution is 2.41. The summed E-state index contributed by atoms with van der Waals surface area (Å²) in [6.07, 6.45) is 6.82. The van der Waals surface area contributed by atoms with Crippen molar-refractivity contribution in [3.05, 3.63) is 175 Å². The Morgan fingerprint density at radius 3 is 1.58 bits per heavy atom. The second kappa shape index (κ2) is 10.6. The zero-order valence-corrected chi connectivity index (χ0v) is 27.5. The summed E-state index contributed by atoms with van der Waals surface area (Å²) in [5.41, 5.74) is 12.6. The number of benzene rings is 8. The molecule has 0 amide bonds. The second-order valence-corrected chi connectivity index (χ2v) is 13.6. The summed E-state index contributed by atoms with van der Waals surface area (Å²) in [7, 11) is 0. The van der Waals surface area contributed by atoms with Crippen molar-refractivity contribution in [2.45, 2.75) is 12.8 Å². The van der Waals surface area contributed by atoms with Gasteiger partial charge in [-0.2, -0.15) is 0 Å². The first-order valence-corrected chi connectivity index (χ1v) is 17.6. The van der Waals surface area contributed by atoms with Crippen molar-refractivity contribution < 1.29 is 0 Å². The maximum absolute atomic E-state index is 2.46. The molecule has 0 fully saturated rings. The monoisotopic (exact) mass is 636 g/mol. The second-order valence-electron chi connectivity index (χ2n) is 13.6. The molecule has 10 aromatic rings. The fourth-order valence-electron chi connectivity index (χ4n) is 8.74. The Labute approximate surface area is 289 Å². The van der Waals surface area contributed by atoms with Crippen molar-refractivity contribution in [3.63, 3.8) is 0 Å². The van der Waals surface area contributed by atoms with Gasteiger partial charge >= 0.3 is 0 Å². The van der Waals surface area contributed by atoms with Crippen molar-refractivity contribution >= 4 is 71.2 Å². The summed E-state index contributed by atoms with van der Waals surface area (Å²) in [4.78, 5) is 0. The van der Waals surface area contributed by atoms with Gasteiger partial charge in [0.1, 0.15) is 0 Å². The first-order valence-electron chi connectivity index (χ1n) is 17.6. The number of allylic oxidation sites excluding steroid dienone is 1. The van der Waals surface area contributed by atoms with E-state index < -0.39 is 0 Å². The van der Waals surface area contributed by atoms with Gasteiger partial charge in [0.25, 0.3) is 0 Å². The first kappa shape index (κ1) is 27.6. The zero-order chi connectivity index (χ0) is 32.8. The number of hydrogen-bond donors (Lipinski definition) is 0. The Balaban J connectivity index is 1.11. The highest BCUT2D eigenvalue weighted by molar-refractivity contribution is 6.15. The van der Waals surface area contributed by atoms with E-state index in [-0.39, 0.29) is 0 Å². The molecule has 0 saturated carbocycles. The van der Waals surface area contributed by atoms with Crippen LogP contribution in [0.1, 0.15) is 17.5 Å². The molecule has 0 spiro atoms. The minimum absolute atomic E-state index is 1.07. The van der Waals surface area contributed by atoms with Crippen LogP contribution in [-0.2, 0) is 6.42 Å². The summed E-state index contributed by atoms with van der Waals surface area (Å²) >= 11 is 0. The topological polar surface area (TPSA) is 9.86 Å². The van der Waals surface area contributed by atoms with Gasteiger partial charge in [-0.25, -0.2) is 0 Å². The molecule has 0 bridgehead atoms. The Hall–Kier alpha value is -6.38. The molecule has 0 N–H and O–H groups in total. The third-order valence-electron chi connectivity index (χ3n) is 11.0. The molecule has 234 valence electrons. The lowest BCUT2D eigenvalue weighted by atomic mass is 9.86. The van der Waals surface area contributed by atoms with Crippen LogP contribution < -0.4 is 0 Å². The lowest BCUT2D eigenvalue weighted by Crippen LogP contribution is -2.00. The fourth-order valence-corrected chi connectivity index (χ4v) is 8.74. The van der Waals surface area contributed by atoms with Gasteiger partial charge in [-0.3, -0.25) is 0 Å². The summed E-state index contributed by atoms with van der Waals surface area (Å²) < 4.78 is 4.84. The standard InChI is InChI=1S/C48H32N2/c1-2-12-33(13-3-1)49-45-20-10-8-18-40(45)43-28-31(22-26-47(43)49)32-23-27-48-44(29-32)41-19-9-11-21-46(41)50(48)34-24-25-39-37-16-5-4-14-35(37)36-15-6-7-17-38(36)42(39)30-34/h1-6,8-16,18-30H,7,17H2.